The maximum absolute atomic E-state index is 13.8. The minimum Gasteiger partial charge on any atom is -0.507 e. The summed E-state index contributed by atoms with van der Waals surface area (Å²) in [5.41, 5.74) is 5.34. The van der Waals surface area contributed by atoms with Gasteiger partial charge in [-0.1, -0.05) is 55.0 Å². The van der Waals surface area contributed by atoms with Crippen LogP contribution in [0.4, 0.5) is 10.5 Å². The molecule has 10 nitrogen and oxygen atoms in total. The Morgan fingerprint density at radius 2 is 1.73 bits per heavy atom. The molecule has 40 heavy (non-hydrogen) atoms. The quantitative estimate of drug-likeness (QED) is 0.251. The second-order valence-corrected chi connectivity index (χ2v) is 10.2. The maximum Gasteiger partial charge on any atom is 0.408 e. The van der Waals surface area contributed by atoms with Crippen molar-refractivity contribution in [2.45, 2.75) is 51.8 Å². The summed E-state index contributed by atoms with van der Waals surface area (Å²) in [7, 11) is 0. The minimum absolute atomic E-state index is 0.0414. The summed E-state index contributed by atoms with van der Waals surface area (Å²) in [6.07, 6.45) is 4.14. The number of fused-ring (bicyclic) bond motifs is 1. The molecule has 0 saturated carbocycles. The Hall–Kier alpha value is -5.04. The van der Waals surface area contributed by atoms with Crippen LogP contribution < -0.4 is 16.4 Å². The number of benzene rings is 3. The zero-order valence-corrected chi connectivity index (χ0v) is 22.7. The highest BCUT2D eigenvalue weighted by Gasteiger charge is 2.38. The summed E-state index contributed by atoms with van der Waals surface area (Å²) in [5, 5.41) is 17.8. The van der Waals surface area contributed by atoms with Crippen molar-refractivity contribution in [3.63, 3.8) is 0 Å². The van der Waals surface area contributed by atoms with Gasteiger partial charge < -0.3 is 26.2 Å². The van der Waals surface area contributed by atoms with Gasteiger partial charge >= 0.3 is 6.09 Å². The predicted molar refractivity (Wildman–Crippen MR) is 151 cm³/mol. The van der Waals surface area contributed by atoms with Crippen LogP contribution in [0.5, 0.6) is 5.75 Å². The average molecular weight is 545 g/mol. The van der Waals surface area contributed by atoms with Crippen LogP contribution in [0.2, 0.25) is 0 Å². The smallest absolute Gasteiger partial charge is 0.408 e. The molecule has 5 N–H and O–H groups in total. The molecule has 0 aliphatic rings. The third kappa shape index (κ3) is 7.29. The molecule has 3 aromatic carbocycles. The number of carbonyl (C=O) groups is 4. The fourth-order valence-corrected chi connectivity index (χ4v) is 4.06. The van der Waals surface area contributed by atoms with E-state index in [1.165, 1.54) is 6.07 Å². The highest BCUT2D eigenvalue weighted by Crippen LogP contribution is 2.33. The minimum atomic E-state index is -1.55. The zero-order chi connectivity index (χ0) is 29.6. The summed E-state index contributed by atoms with van der Waals surface area (Å²) in [6, 6.07) is 16.6. The number of carbonyl (C=O) groups excluding carboxylic acids is 4. The molecule has 3 aromatic rings. The molecule has 208 valence electrons. The number of terminal acetylenes is 1. The van der Waals surface area contributed by atoms with Gasteiger partial charge in [0.1, 0.15) is 17.4 Å². The summed E-state index contributed by atoms with van der Waals surface area (Å²) < 4.78 is 5.21. The van der Waals surface area contributed by atoms with Crippen molar-refractivity contribution in [3.8, 4) is 18.2 Å². The molecule has 0 fully saturated rings. The van der Waals surface area contributed by atoms with Crippen molar-refractivity contribution in [1.29, 1.82) is 0 Å². The molecule has 0 aromatic heterocycles. The highest BCUT2D eigenvalue weighted by atomic mass is 16.6. The summed E-state index contributed by atoms with van der Waals surface area (Å²) >= 11 is 0. The van der Waals surface area contributed by atoms with Crippen molar-refractivity contribution in [2.75, 3.05) is 5.32 Å². The number of nitrogens with zero attached hydrogens (tertiary/aromatic N) is 1. The van der Waals surface area contributed by atoms with Crippen LogP contribution in [0.25, 0.3) is 10.8 Å². The molecule has 0 heterocycles. The lowest BCUT2D eigenvalue weighted by Gasteiger charge is -2.30. The van der Waals surface area contributed by atoms with E-state index in [0.717, 1.165) is 15.7 Å². The molecule has 0 bridgehead atoms. The first-order chi connectivity index (χ1) is 18.8. The monoisotopic (exact) mass is 544 g/mol. The fraction of sp³-hybridized carbons (Fsp3) is 0.267. The molecule has 0 spiro atoms. The lowest BCUT2D eigenvalue weighted by molar-refractivity contribution is -0.138. The maximum atomic E-state index is 13.8. The Morgan fingerprint density at radius 1 is 1.05 bits per heavy atom. The third-order valence-corrected chi connectivity index (χ3v) is 5.86. The molecule has 3 rings (SSSR count). The normalized spacial score (nSPS) is 12.5. The average Bonchev–Trinajstić information content (AvgIpc) is 2.87. The van der Waals surface area contributed by atoms with Gasteiger partial charge in [0.2, 0.25) is 5.91 Å². The summed E-state index contributed by atoms with van der Waals surface area (Å²) in [6.45, 7) is 6.50. The lowest BCUT2D eigenvalue weighted by atomic mass is 9.99. The van der Waals surface area contributed by atoms with Crippen LogP contribution >= 0.6 is 0 Å². The van der Waals surface area contributed by atoms with E-state index in [0.29, 0.717) is 11.3 Å². The van der Waals surface area contributed by atoms with Crippen LogP contribution in [0.1, 0.15) is 44.4 Å². The number of ether oxygens (including phenoxy) is 1. The van der Waals surface area contributed by atoms with E-state index in [9.17, 15) is 24.3 Å². The van der Waals surface area contributed by atoms with Crippen LogP contribution in [0, 0.1) is 19.4 Å². The van der Waals surface area contributed by atoms with Crippen LogP contribution in [-0.2, 0) is 19.1 Å². The first-order valence-corrected chi connectivity index (χ1v) is 12.5. The predicted octanol–water partition coefficient (Wildman–Crippen LogP) is 3.72. The van der Waals surface area contributed by atoms with E-state index in [1.54, 1.807) is 52.0 Å². The SMILES string of the molecule is C#CN(C(=O)C(CC(N)=O)NC(=O)OC(C)(C)C)C(C(=O)Nc1ccc2ccccc2c1)c1cccc(C)c1O. The number of hydrogen-bond donors (Lipinski definition) is 4. The van der Waals surface area contributed by atoms with Crippen LogP contribution in [0.15, 0.2) is 60.7 Å². The van der Waals surface area contributed by atoms with Gasteiger partial charge in [-0.2, -0.15) is 0 Å². The van der Waals surface area contributed by atoms with E-state index in [-0.39, 0.29) is 11.3 Å². The molecule has 4 amide bonds. The first-order valence-electron chi connectivity index (χ1n) is 12.5. The molecule has 10 heteroatoms. The van der Waals surface area contributed by atoms with Gasteiger partial charge in [-0.3, -0.25) is 19.3 Å². The van der Waals surface area contributed by atoms with Gasteiger partial charge in [0.15, 0.2) is 6.04 Å². The number of para-hydroxylation sites is 1. The molecule has 0 saturated heterocycles. The van der Waals surface area contributed by atoms with E-state index in [4.69, 9.17) is 16.9 Å². The van der Waals surface area contributed by atoms with Crippen molar-refractivity contribution in [2.24, 2.45) is 5.73 Å². The molecule has 2 unspecified atom stereocenters. The Balaban J connectivity index is 2.03. The molecule has 0 aliphatic carbocycles. The van der Waals surface area contributed by atoms with E-state index < -0.39 is 47.9 Å². The van der Waals surface area contributed by atoms with Crippen molar-refractivity contribution in [3.05, 3.63) is 71.8 Å². The molecular weight excluding hydrogens is 512 g/mol. The summed E-state index contributed by atoms with van der Waals surface area (Å²) in [4.78, 5) is 52.4. The topological polar surface area (TPSA) is 151 Å². The first kappa shape index (κ1) is 29.5. The van der Waals surface area contributed by atoms with Crippen molar-refractivity contribution in [1.82, 2.24) is 10.2 Å². The largest absolute Gasteiger partial charge is 0.507 e. The standard InChI is InChI=1S/C30H32N4O6/c1-6-34(28(38)23(17-24(31)35)33-29(39)40-30(3,4)5)25(22-13-9-10-18(2)26(22)36)27(37)32-21-15-14-19-11-7-8-12-20(19)16-21/h1,7-16,23,25,36H,17H2,2-5H3,(H2,31,35)(H,32,37)(H,33,39). The summed E-state index contributed by atoms with van der Waals surface area (Å²) in [5.74, 6) is -2.87. The highest BCUT2D eigenvalue weighted by molar-refractivity contribution is 6.02. The Kier molecular flexibility index (Phi) is 9.01. The van der Waals surface area contributed by atoms with Crippen LogP contribution in [0.3, 0.4) is 0 Å². The second kappa shape index (κ2) is 12.2. The number of aryl methyl sites for hydroxylation is 1. The van der Waals surface area contributed by atoms with Gasteiger partial charge in [0.25, 0.3) is 11.8 Å². The number of primary amides is 1. The van der Waals surface area contributed by atoms with E-state index >= 15 is 0 Å². The number of nitrogens with two attached hydrogens (primary N) is 1. The molecule has 0 aliphatic heterocycles. The Bertz CT molecular complexity index is 1490. The molecule has 2 atom stereocenters. The number of hydrogen-bond acceptors (Lipinski definition) is 6. The van der Waals surface area contributed by atoms with Gasteiger partial charge in [-0.15, -0.1) is 0 Å². The number of nitrogens with one attached hydrogen (secondary N) is 2. The lowest BCUT2D eigenvalue weighted by Crippen LogP contribution is -2.52. The number of anilines is 1. The van der Waals surface area contributed by atoms with Gasteiger partial charge in [0, 0.05) is 17.3 Å². The van der Waals surface area contributed by atoms with Gasteiger partial charge in [0.05, 0.1) is 6.42 Å². The Labute approximate surface area is 232 Å². The number of rotatable bonds is 8. The number of phenolic OH excluding ortho intramolecular Hbond substituents is 1. The number of alkyl carbamates (subject to hydrolysis) is 1. The molecular formula is C30H32N4O6. The van der Waals surface area contributed by atoms with Crippen molar-refractivity contribution >= 4 is 40.3 Å². The number of phenols is 1. The second-order valence-electron chi connectivity index (χ2n) is 10.2. The zero-order valence-electron chi connectivity index (χ0n) is 22.7. The van der Waals surface area contributed by atoms with Gasteiger partial charge in [-0.05, 0) is 56.2 Å². The number of amides is 4. The van der Waals surface area contributed by atoms with E-state index in [2.05, 4.69) is 16.7 Å². The third-order valence-electron chi connectivity index (χ3n) is 5.86. The molecule has 0 radical (unpaired) electrons. The van der Waals surface area contributed by atoms with Crippen LogP contribution in [-0.4, -0.2) is 45.5 Å². The van der Waals surface area contributed by atoms with Gasteiger partial charge in [-0.25, -0.2) is 4.79 Å². The number of aromatic hydroxyl groups is 1. The Morgan fingerprint density at radius 3 is 2.35 bits per heavy atom. The van der Waals surface area contributed by atoms with Crippen molar-refractivity contribution < 1.29 is 29.0 Å². The fourth-order valence-electron chi connectivity index (χ4n) is 4.06. The van der Waals surface area contributed by atoms with E-state index in [1.807, 2.05) is 30.3 Å².